The summed E-state index contributed by atoms with van der Waals surface area (Å²) in [6.45, 7) is 7.07. The zero-order valence-corrected chi connectivity index (χ0v) is 16.3. The second-order valence-electron chi connectivity index (χ2n) is 7.89. The molecule has 0 spiro atoms. The summed E-state index contributed by atoms with van der Waals surface area (Å²) in [6.07, 6.45) is 0.570. The van der Waals surface area contributed by atoms with Crippen molar-refractivity contribution >= 4 is 18.0 Å². The van der Waals surface area contributed by atoms with Crippen LogP contribution in [-0.4, -0.2) is 52.2 Å². The number of nitrogens with zero attached hydrogens (tertiary/aromatic N) is 1. The molecule has 1 heterocycles. The molecule has 2 rings (SSSR count). The van der Waals surface area contributed by atoms with Gasteiger partial charge in [0.15, 0.2) is 0 Å². The minimum atomic E-state index is -1.12. The van der Waals surface area contributed by atoms with Crippen LogP contribution < -0.4 is 5.32 Å². The number of benzene rings is 1. The van der Waals surface area contributed by atoms with Gasteiger partial charge in [-0.05, 0) is 52.0 Å². The number of ether oxygens (including phenoxy) is 1. The van der Waals surface area contributed by atoms with E-state index in [9.17, 15) is 14.4 Å². The van der Waals surface area contributed by atoms with Crippen LogP contribution in [0, 0.1) is 0 Å². The second kappa shape index (κ2) is 8.41. The number of carboxylic acid groups (broad SMARTS) is 1. The zero-order valence-electron chi connectivity index (χ0n) is 16.3. The molecule has 0 bridgehead atoms. The Morgan fingerprint density at radius 1 is 1.22 bits per heavy atom. The van der Waals surface area contributed by atoms with Crippen LogP contribution in [0.1, 0.15) is 52.0 Å². The van der Waals surface area contributed by atoms with Gasteiger partial charge in [-0.25, -0.2) is 4.79 Å². The minimum absolute atomic E-state index is 0.112. The number of rotatable bonds is 4. The van der Waals surface area contributed by atoms with Crippen LogP contribution in [0.25, 0.3) is 0 Å². The molecule has 2 N–H and O–H groups in total. The van der Waals surface area contributed by atoms with Crippen molar-refractivity contribution in [3.8, 4) is 0 Å². The van der Waals surface area contributed by atoms with Gasteiger partial charge in [0.05, 0.1) is 0 Å². The monoisotopic (exact) mass is 376 g/mol. The topological polar surface area (TPSA) is 95.9 Å². The molecule has 27 heavy (non-hydrogen) atoms. The first-order valence-electron chi connectivity index (χ1n) is 9.16. The summed E-state index contributed by atoms with van der Waals surface area (Å²) >= 11 is 0. The highest BCUT2D eigenvalue weighted by atomic mass is 16.6. The molecular weight excluding hydrogens is 348 g/mol. The first-order chi connectivity index (χ1) is 12.6. The summed E-state index contributed by atoms with van der Waals surface area (Å²) in [5.41, 5.74) is 0.424. The van der Waals surface area contributed by atoms with E-state index >= 15 is 0 Å². The fraction of sp³-hybridized carbons (Fsp3) is 0.550. The van der Waals surface area contributed by atoms with E-state index in [4.69, 9.17) is 9.84 Å². The first kappa shape index (κ1) is 20.7. The third kappa shape index (κ3) is 5.70. The number of carbonyl (C=O) groups is 3. The van der Waals surface area contributed by atoms with Gasteiger partial charge in [-0.2, -0.15) is 0 Å². The normalized spacial score (nSPS) is 21.3. The second-order valence-corrected chi connectivity index (χ2v) is 7.89. The number of hydrogen-bond donors (Lipinski definition) is 2. The quantitative estimate of drug-likeness (QED) is 0.842. The van der Waals surface area contributed by atoms with E-state index in [0.717, 1.165) is 5.56 Å². The van der Waals surface area contributed by atoms with Crippen molar-refractivity contribution in [1.82, 2.24) is 10.2 Å². The molecule has 0 radical (unpaired) electrons. The average molecular weight is 376 g/mol. The number of nitrogens with one attached hydrogen (secondary N) is 1. The summed E-state index contributed by atoms with van der Waals surface area (Å²) in [5, 5.41) is 11.5. The Morgan fingerprint density at radius 3 is 2.41 bits per heavy atom. The summed E-state index contributed by atoms with van der Waals surface area (Å²) < 4.78 is 5.44. The molecule has 0 aliphatic carbocycles. The van der Waals surface area contributed by atoms with E-state index in [2.05, 4.69) is 5.32 Å². The Bertz CT molecular complexity index is 683. The van der Waals surface area contributed by atoms with Crippen molar-refractivity contribution in [2.75, 3.05) is 6.54 Å². The lowest BCUT2D eigenvalue weighted by Crippen LogP contribution is -2.56. The molecule has 0 aromatic heterocycles. The Labute approximate surface area is 159 Å². The molecule has 1 fully saturated rings. The first-order valence-corrected chi connectivity index (χ1v) is 9.16. The highest BCUT2D eigenvalue weighted by Gasteiger charge is 2.39. The Balaban J connectivity index is 2.21. The van der Waals surface area contributed by atoms with E-state index in [1.807, 2.05) is 30.3 Å². The van der Waals surface area contributed by atoms with Crippen molar-refractivity contribution in [3.05, 3.63) is 35.9 Å². The van der Waals surface area contributed by atoms with Crippen LogP contribution in [0.3, 0.4) is 0 Å². The summed E-state index contributed by atoms with van der Waals surface area (Å²) in [4.78, 5) is 37.8. The van der Waals surface area contributed by atoms with Gasteiger partial charge in [0.1, 0.15) is 17.7 Å². The van der Waals surface area contributed by atoms with Crippen LogP contribution in [0.2, 0.25) is 0 Å². The van der Waals surface area contributed by atoms with E-state index in [0.29, 0.717) is 19.4 Å². The fourth-order valence-corrected chi connectivity index (χ4v) is 3.15. The van der Waals surface area contributed by atoms with Crippen molar-refractivity contribution < 1.29 is 24.2 Å². The maximum atomic E-state index is 12.7. The summed E-state index contributed by atoms with van der Waals surface area (Å²) in [7, 11) is 0. The minimum Gasteiger partial charge on any atom is -0.480 e. The van der Waals surface area contributed by atoms with Crippen LogP contribution in [0.15, 0.2) is 30.3 Å². The van der Waals surface area contributed by atoms with Gasteiger partial charge >= 0.3 is 12.1 Å². The van der Waals surface area contributed by atoms with Crippen molar-refractivity contribution in [3.63, 3.8) is 0 Å². The highest BCUT2D eigenvalue weighted by Crippen LogP contribution is 2.32. The Kier molecular flexibility index (Phi) is 6.46. The molecule has 148 valence electrons. The molecule has 1 aromatic rings. The molecule has 1 aromatic carbocycles. The van der Waals surface area contributed by atoms with E-state index < -0.39 is 35.7 Å². The maximum absolute atomic E-state index is 12.7. The lowest BCUT2D eigenvalue weighted by Gasteiger charge is -2.39. The number of piperidine rings is 1. The lowest BCUT2D eigenvalue weighted by atomic mass is 9.85. The molecule has 3 atom stereocenters. The van der Waals surface area contributed by atoms with Crippen molar-refractivity contribution in [2.45, 2.75) is 64.1 Å². The molecule has 7 heteroatoms. The van der Waals surface area contributed by atoms with E-state index in [1.54, 1.807) is 20.8 Å². The largest absolute Gasteiger partial charge is 0.480 e. The maximum Gasteiger partial charge on any atom is 0.410 e. The van der Waals surface area contributed by atoms with Gasteiger partial charge in [-0.15, -0.1) is 0 Å². The SMILES string of the molecule is C[C@H](NC(=O)[C@H]1C[C@@H](c2ccccc2)CCN1C(=O)OC(C)(C)C)C(=O)O. The Morgan fingerprint density at radius 2 is 1.85 bits per heavy atom. The predicted molar refractivity (Wildman–Crippen MR) is 100 cm³/mol. The molecule has 1 aliphatic rings. The molecule has 1 saturated heterocycles. The number of aliphatic carboxylic acids is 1. The number of hydrogen-bond acceptors (Lipinski definition) is 4. The summed E-state index contributed by atoms with van der Waals surface area (Å²) in [6, 6.07) is 8.01. The summed E-state index contributed by atoms with van der Waals surface area (Å²) in [5.74, 6) is -1.49. The van der Waals surface area contributed by atoms with E-state index in [1.165, 1.54) is 11.8 Å². The lowest BCUT2D eigenvalue weighted by molar-refractivity contribution is -0.142. The molecule has 0 unspecified atom stereocenters. The molecule has 2 amide bonds. The fourth-order valence-electron chi connectivity index (χ4n) is 3.15. The zero-order chi connectivity index (χ0) is 20.2. The van der Waals surface area contributed by atoms with Gasteiger partial charge in [-0.1, -0.05) is 30.3 Å². The van der Waals surface area contributed by atoms with Gasteiger partial charge in [0.2, 0.25) is 5.91 Å². The number of carbonyl (C=O) groups excluding carboxylic acids is 2. The van der Waals surface area contributed by atoms with Gasteiger partial charge in [0, 0.05) is 6.54 Å². The predicted octanol–water partition coefficient (Wildman–Crippen LogP) is 2.76. The van der Waals surface area contributed by atoms with Crippen LogP contribution in [-0.2, 0) is 14.3 Å². The number of amides is 2. The molecule has 7 nitrogen and oxygen atoms in total. The molecule has 0 saturated carbocycles. The molecule has 1 aliphatic heterocycles. The van der Waals surface area contributed by atoms with Gasteiger partial charge in [-0.3, -0.25) is 14.5 Å². The third-order valence-corrected chi connectivity index (χ3v) is 4.53. The van der Waals surface area contributed by atoms with E-state index in [-0.39, 0.29) is 5.92 Å². The average Bonchev–Trinajstić information content (AvgIpc) is 2.60. The van der Waals surface area contributed by atoms with Gasteiger partial charge < -0.3 is 15.2 Å². The van der Waals surface area contributed by atoms with Crippen molar-refractivity contribution in [2.24, 2.45) is 0 Å². The smallest absolute Gasteiger partial charge is 0.410 e. The van der Waals surface area contributed by atoms with Gasteiger partial charge in [0.25, 0.3) is 0 Å². The van der Waals surface area contributed by atoms with Crippen LogP contribution in [0.4, 0.5) is 4.79 Å². The van der Waals surface area contributed by atoms with Crippen LogP contribution >= 0.6 is 0 Å². The van der Waals surface area contributed by atoms with Crippen LogP contribution in [0.5, 0.6) is 0 Å². The standard InChI is InChI=1S/C20H28N2O5/c1-13(18(24)25)21-17(23)16-12-15(14-8-6-5-7-9-14)10-11-22(16)19(26)27-20(2,3)4/h5-9,13,15-16H,10-12H2,1-4H3,(H,21,23)(H,24,25)/t13-,15-,16+/m0/s1. The van der Waals surface area contributed by atoms with Crippen molar-refractivity contribution in [1.29, 1.82) is 0 Å². The number of likely N-dealkylation sites (tertiary alicyclic amines) is 1. The number of carboxylic acids is 1. The Hall–Kier alpha value is -2.57. The highest BCUT2D eigenvalue weighted by molar-refractivity contribution is 5.89. The molecular formula is C20H28N2O5. The third-order valence-electron chi connectivity index (χ3n) is 4.53.